The Kier molecular flexibility index (Phi) is 4.15. The first-order chi connectivity index (χ1) is 7.84. The molecule has 5 heteroatoms. The largest absolute Gasteiger partial charge is 0.419 e. The molecule has 1 rings (SSSR count). The molecule has 0 saturated carbocycles. The van der Waals surface area contributed by atoms with Gasteiger partial charge in [-0.1, -0.05) is 19.1 Å². The van der Waals surface area contributed by atoms with Crippen molar-refractivity contribution in [3.05, 3.63) is 41.7 Å². The van der Waals surface area contributed by atoms with Crippen molar-refractivity contribution in [2.45, 2.75) is 19.5 Å². The molecule has 0 spiro atoms. The topological polar surface area (TPSA) is 12.0 Å². The van der Waals surface area contributed by atoms with Crippen LogP contribution in [0.2, 0.25) is 0 Å². The summed E-state index contributed by atoms with van der Waals surface area (Å²) in [5.74, 6) is -1.27. The van der Waals surface area contributed by atoms with Crippen molar-refractivity contribution < 1.29 is 17.6 Å². The molecule has 0 aliphatic heterocycles. The number of rotatable bonds is 4. The van der Waals surface area contributed by atoms with Crippen LogP contribution in [0.1, 0.15) is 18.9 Å². The SMILES string of the molecule is C=C(CC)CNc1ccc(F)c(C(F)(F)F)c1. The summed E-state index contributed by atoms with van der Waals surface area (Å²) in [6, 6.07) is 2.84. The quantitative estimate of drug-likeness (QED) is 0.620. The number of hydrogen-bond donors (Lipinski definition) is 1. The smallest absolute Gasteiger partial charge is 0.381 e. The van der Waals surface area contributed by atoms with Gasteiger partial charge in [0.2, 0.25) is 0 Å². The van der Waals surface area contributed by atoms with Gasteiger partial charge in [0, 0.05) is 12.2 Å². The van der Waals surface area contributed by atoms with E-state index < -0.39 is 17.6 Å². The van der Waals surface area contributed by atoms with Crippen LogP contribution in [0.25, 0.3) is 0 Å². The summed E-state index contributed by atoms with van der Waals surface area (Å²) in [6.07, 6.45) is -3.94. The van der Waals surface area contributed by atoms with E-state index in [1.807, 2.05) is 6.92 Å². The second-order valence-electron chi connectivity index (χ2n) is 3.65. The predicted octanol–water partition coefficient (Wildman–Crippen LogP) is 4.22. The van der Waals surface area contributed by atoms with Crippen LogP contribution in [0.4, 0.5) is 23.2 Å². The molecule has 0 aromatic heterocycles. The molecular weight excluding hydrogens is 234 g/mol. The molecule has 1 aromatic rings. The van der Waals surface area contributed by atoms with Crippen LogP contribution < -0.4 is 5.32 Å². The Morgan fingerprint density at radius 3 is 2.53 bits per heavy atom. The zero-order valence-corrected chi connectivity index (χ0v) is 9.37. The molecule has 0 unspecified atom stereocenters. The van der Waals surface area contributed by atoms with Crippen LogP contribution >= 0.6 is 0 Å². The minimum Gasteiger partial charge on any atom is -0.381 e. The van der Waals surface area contributed by atoms with Gasteiger partial charge in [-0.05, 0) is 24.6 Å². The normalized spacial score (nSPS) is 11.4. The fourth-order valence-corrected chi connectivity index (χ4v) is 1.20. The maximum Gasteiger partial charge on any atom is 0.419 e. The minimum absolute atomic E-state index is 0.230. The fourth-order valence-electron chi connectivity index (χ4n) is 1.20. The van der Waals surface area contributed by atoms with Crippen LogP contribution in [0.5, 0.6) is 0 Å². The van der Waals surface area contributed by atoms with Gasteiger partial charge in [-0.3, -0.25) is 0 Å². The molecule has 0 radical (unpaired) electrons. The molecule has 94 valence electrons. The monoisotopic (exact) mass is 247 g/mol. The molecule has 0 amide bonds. The molecule has 1 N–H and O–H groups in total. The summed E-state index contributed by atoms with van der Waals surface area (Å²) in [4.78, 5) is 0. The van der Waals surface area contributed by atoms with E-state index in [0.29, 0.717) is 6.54 Å². The van der Waals surface area contributed by atoms with Crippen LogP contribution in [-0.2, 0) is 6.18 Å². The van der Waals surface area contributed by atoms with Crippen molar-refractivity contribution in [1.29, 1.82) is 0 Å². The average Bonchev–Trinajstić information content (AvgIpc) is 2.26. The highest BCUT2D eigenvalue weighted by atomic mass is 19.4. The lowest BCUT2D eigenvalue weighted by atomic mass is 10.1. The maximum absolute atomic E-state index is 13.0. The summed E-state index contributed by atoms with van der Waals surface area (Å²) in [5, 5.41) is 2.77. The Hall–Kier alpha value is -1.52. The molecule has 17 heavy (non-hydrogen) atoms. The van der Waals surface area contributed by atoms with E-state index in [9.17, 15) is 17.6 Å². The third-order valence-electron chi connectivity index (χ3n) is 2.31. The van der Waals surface area contributed by atoms with Gasteiger partial charge in [0.25, 0.3) is 0 Å². The van der Waals surface area contributed by atoms with Crippen molar-refractivity contribution in [3.63, 3.8) is 0 Å². The van der Waals surface area contributed by atoms with Gasteiger partial charge in [-0.2, -0.15) is 13.2 Å². The van der Waals surface area contributed by atoms with Gasteiger partial charge >= 0.3 is 6.18 Å². The minimum atomic E-state index is -4.68. The summed E-state index contributed by atoms with van der Waals surface area (Å²) in [6.45, 7) is 5.99. The van der Waals surface area contributed by atoms with Crippen LogP contribution in [0, 0.1) is 5.82 Å². The molecule has 1 nitrogen and oxygen atoms in total. The van der Waals surface area contributed by atoms with E-state index in [4.69, 9.17) is 0 Å². The van der Waals surface area contributed by atoms with E-state index in [0.717, 1.165) is 24.1 Å². The summed E-state index contributed by atoms with van der Waals surface area (Å²) < 4.78 is 50.2. The van der Waals surface area contributed by atoms with E-state index in [-0.39, 0.29) is 5.69 Å². The van der Waals surface area contributed by atoms with Crippen molar-refractivity contribution in [3.8, 4) is 0 Å². The molecular formula is C12H13F4N. The highest BCUT2D eigenvalue weighted by Crippen LogP contribution is 2.32. The number of alkyl halides is 3. The summed E-state index contributed by atoms with van der Waals surface area (Å²) >= 11 is 0. The second-order valence-corrected chi connectivity index (χ2v) is 3.65. The summed E-state index contributed by atoms with van der Waals surface area (Å²) in [5.41, 5.74) is -0.166. The van der Waals surface area contributed by atoms with E-state index in [1.165, 1.54) is 6.07 Å². The third-order valence-corrected chi connectivity index (χ3v) is 2.31. The zero-order chi connectivity index (χ0) is 13.1. The number of nitrogens with one attached hydrogen (secondary N) is 1. The maximum atomic E-state index is 13.0. The number of halogens is 4. The Morgan fingerprint density at radius 2 is 2.00 bits per heavy atom. The van der Waals surface area contributed by atoms with Gasteiger partial charge in [0.15, 0.2) is 0 Å². The van der Waals surface area contributed by atoms with Crippen LogP contribution in [0.15, 0.2) is 30.4 Å². The van der Waals surface area contributed by atoms with Crippen molar-refractivity contribution in [2.75, 3.05) is 11.9 Å². The molecule has 0 aliphatic carbocycles. The molecule has 0 saturated heterocycles. The molecule has 0 aliphatic rings. The van der Waals surface area contributed by atoms with Gasteiger partial charge < -0.3 is 5.32 Å². The molecule has 0 atom stereocenters. The second kappa shape index (κ2) is 5.21. The van der Waals surface area contributed by atoms with Gasteiger partial charge in [-0.15, -0.1) is 0 Å². The van der Waals surface area contributed by atoms with E-state index in [1.54, 1.807) is 0 Å². The Bertz CT molecular complexity index is 409. The highest BCUT2D eigenvalue weighted by molar-refractivity contribution is 5.47. The molecule has 0 fully saturated rings. The van der Waals surface area contributed by atoms with Crippen molar-refractivity contribution in [1.82, 2.24) is 0 Å². The first-order valence-corrected chi connectivity index (χ1v) is 5.12. The third kappa shape index (κ3) is 3.76. The van der Waals surface area contributed by atoms with Crippen molar-refractivity contribution >= 4 is 5.69 Å². The first kappa shape index (κ1) is 13.5. The average molecular weight is 247 g/mol. The predicted molar refractivity (Wildman–Crippen MR) is 59.3 cm³/mol. The lowest BCUT2D eigenvalue weighted by Gasteiger charge is -2.12. The van der Waals surface area contributed by atoms with E-state index in [2.05, 4.69) is 11.9 Å². The lowest BCUT2D eigenvalue weighted by molar-refractivity contribution is -0.139. The van der Waals surface area contributed by atoms with Gasteiger partial charge in [-0.25, -0.2) is 4.39 Å². The standard InChI is InChI=1S/C12H13F4N/c1-3-8(2)7-17-9-4-5-11(13)10(6-9)12(14,15)16/h4-6,17H,2-3,7H2,1H3. The zero-order valence-electron chi connectivity index (χ0n) is 9.37. The summed E-state index contributed by atoms with van der Waals surface area (Å²) in [7, 11) is 0. The highest BCUT2D eigenvalue weighted by Gasteiger charge is 2.34. The fraction of sp³-hybridized carbons (Fsp3) is 0.333. The van der Waals surface area contributed by atoms with Crippen LogP contribution in [0.3, 0.4) is 0 Å². The molecule has 0 heterocycles. The van der Waals surface area contributed by atoms with Crippen LogP contribution in [-0.4, -0.2) is 6.54 Å². The Balaban J connectivity index is 2.86. The van der Waals surface area contributed by atoms with Crippen molar-refractivity contribution in [2.24, 2.45) is 0 Å². The first-order valence-electron chi connectivity index (χ1n) is 5.12. The van der Waals surface area contributed by atoms with Gasteiger partial charge in [0.1, 0.15) is 5.82 Å². The lowest BCUT2D eigenvalue weighted by Crippen LogP contribution is -2.10. The molecule has 1 aromatic carbocycles. The number of hydrogen-bond acceptors (Lipinski definition) is 1. The number of benzene rings is 1. The number of anilines is 1. The Labute approximate surface area is 97.1 Å². The van der Waals surface area contributed by atoms with Gasteiger partial charge in [0.05, 0.1) is 5.56 Å². The van der Waals surface area contributed by atoms with E-state index >= 15 is 0 Å². The Morgan fingerprint density at radius 1 is 1.35 bits per heavy atom. The molecule has 0 bridgehead atoms.